The Bertz CT molecular complexity index is 883. The molecule has 2 aromatic rings. The molecule has 2 aromatic carbocycles. The van der Waals surface area contributed by atoms with Gasteiger partial charge in [-0.05, 0) is 67.5 Å². The van der Waals surface area contributed by atoms with E-state index < -0.39 is 15.7 Å². The molecule has 140 valence electrons. The third-order valence-corrected chi connectivity index (χ3v) is 6.56. The van der Waals surface area contributed by atoms with Crippen LogP contribution in [0.25, 0.3) is 0 Å². The van der Waals surface area contributed by atoms with Gasteiger partial charge in [-0.25, -0.2) is 12.8 Å². The van der Waals surface area contributed by atoms with Crippen molar-refractivity contribution in [3.05, 3.63) is 64.4 Å². The van der Waals surface area contributed by atoms with Crippen LogP contribution in [0.4, 0.5) is 4.39 Å². The van der Waals surface area contributed by atoms with Crippen LogP contribution in [-0.2, 0) is 9.84 Å². The van der Waals surface area contributed by atoms with Crippen LogP contribution >= 0.6 is 11.6 Å². The number of halogens is 2. The first-order valence-electron chi connectivity index (χ1n) is 8.75. The molecule has 1 aliphatic carbocycles. The second-order valence-corrected chi connectivity index (χ2v) is 9.53. The summed E-state index contributed by atoms with van der Waals surface area (Å²) < 4.78 is 36.5. The minimum Gasteiger partial charge on any atom is -0.307 e. The fourth-order valence-corrected chi connectivity index (χ4v) is 4.47. The van der Waals surface area contributed by atoms with E-state index in [-0.39, 0.29) is 11.1 Å². The van der Waals surface area contributed by atoms with Gasteiger partial charge in [0.2, 0.25) is 0 Å². The van der Waals surface area contributed by atoms with Crippen molar-refractivity contribution in [3.63, 3.8) is 0 Å². The number of nitrogens with one attached hydrogen (secondary N) is 1. The molecule has 0 aliphatic heterocycles. The summed E-state index contributed by atoms with van der Waals surface area (Å²) in [4.78, 5) is 0.357. The highest BCUT2D eigenvalue weighted by molar-refractivity contribution is 7.90. The van der Waals surface area contributed by atoms with Gasteiger partial charge in [0.15, 0.2) is 9.84 Å². The molecule has 3 unspecified atom stereocenters. The van der Waals surface area contributed by atoms with E-state index in [1.807, 2.05) is 12.1 Å². The Kier molecular flexibility index (Phi) is 5.70. The molecule has 1 saturated carbocycles. The van der Waals surface area contributed by atoms with Gasteiger partial charge < -0.3 is 5.32 Å². The standard InChI is InChI=1S/C20H23ClFNO2S/c1-13(15-6-10-20(22)19(21)12-15)23-17-7-3-16(11-17)14-4-8-18(9-5-14)26(2,24)25/h4-6,8-10,12-13,16-17,23H,3,7,11H2,1-2H3. The van der Waals surface area contributed by atoms with Crippen molar-refractivity contribution in [2.24, 2.45) is 0 Å². The molecule has 0 radical (unpaired) electrons. The summed E-state index contributed by atoms with van der Waals surface area (Å²) in [5, 5.41) is 3.75. The zero-order valence-electron chi connectivity index (χ0n) is 14.9. The van der Waals surface area contributed by atoms with Crippen LogP contribution in [-0.4, -0.2) is 20.7 Å². The number of rotatable bonds is 5. The van der Waals surface area contributed by atoms with Gasteiger partial charge in [-0.15, -0.1) is 0 Å². The Morgan fingerprint density at radius 3 is 2.46 bits per heavy atom. The lowest BCUT2D eigenvalue weighted by molar-refractivity contribution is 0.456. The van der Waals surface area contributed by atoms with Gasteiger partial charge in [-0.1, -0.05) is 29.8 Å². The van der Waals surface area contributed by atoms with Crippen LogP contribution in [0.1, 0.15) is 49.3 Å². The molecule has 3 rings (SSSR count). The van der Waals surface area contributed by atoms with Crippen LogP contribution < -0.4 is 5.32 Å². The zero-order chi connectivity index (χ0) is 18.9. The molecular weight excluding hydrogens is 373 g/mol. The lowest BCUT2D eigenvalue weighted by Crippen LogP contribution is -2.29. The molecule has 0 heterocycles. The molecule has 6 heteroatoms. The topological polar surface area (TPSA) is 46.2 Å². The lowest BCUT2D eigenvalue weighted by Gasteiger charge is -2.20. The van der Waals surface area contributed by atoms with E-state index in [9.17, 15) is 12.8 Å². The zero-order valence-corrected chi connectivity index (χ0v) is 16.4. The van der Waals surface area contributed by atoms with Crippen LogP contribution in [0.5, 0.6) is 0 Å². The first-order chi connectivity index (χ1) is 12.2. The monoisotopic (exact) mass is 395 g/mol. The Balaban J connectivity index is 1.62. The molecule has 0 bridgehead atoms. The molecule has 3 nitrogen and oxygen atoms in total. The average molecular weight is 396 g/mol. The van der Waals surface area contributed by atoms with Gasteiger partial charge in [-0.2, -0.15) is 0 Å². The second kappa shape index (κ2) is 7.67. The van der Waals surface area contributed by atoms with E-state index >= 15 is 0 Å². The highest BCUT2D eigenvalue weighted by Gasteiger charge is 2.27. The van der Waals surface area contributed by atoms with Crippen molar-refractivity contribution in [3.8, 4) is 0 Å². The second-order valence-electron chi connectivity index (χ2n) is 7.11. The van der Waals surface area contributed by atoms with Gasteiger partial charge in [0.1, 0.15) is 5.82 Å². The van der Waals surface area contributed by atoms with Crippen molar-refractivity contribution in [1.82, 2.24) is 5.32 Å². The molecule has 1 fully saturated rings. The quantitative estimate of drug-likeness (QED) is 0.785. The maximum absolute atomic E-state index is 13.3. The van der Waals surface area contributed by atoms with Gasteiger partial charge in [0.25, 0.3) is 0 Å². The largest absolute Gasteiger partial charge is 0.307 e. The van der Waals surface area contributed by atoms with Crippen LogP contribution in [0.15, 0.2) is 47.4 Å². The van der Waals surface area contributed by atoms with Crippen molar-refractivity contribution >= 4 is 21.4 Å². The number of benzene rings is 2. The molecule has 0 aromatic heterocycles. The smallest absolute Gasteiger partial charge is 0.175 e. The fourth-order valence-electron chi connectivity index (χ4n) is 3.65. The Hall–Kier alpha value is -1.43. The predicted octanol–water partition coefficient (Wildman–Crippen LogP) is 4.87. The van der Waals surface area contributed by atoms with E-state index in [1.54, 1.807) is 24.3 Å². The van der Waals surface area contributed by atoms with Gasteiger partial charge >= 0.3 is 0 Å². The summed E-state index contributed by atoms with van der Waals surface area (Å²) in [6, 6.07) is 12.5. The van der Waals surface area contributed by atoms with Gasteiger partial charge in [0.05, 0.1) is 9.92 Å². The maximum Gasteiger partial charge on any atom is 0.175 e. The summed E-state index contributed by atoms with van der Waals surface area (Å²) >= 11 is 5.88. The van der Waals surface area contributed by atoms with Crippen LogP contribution in [0.2, 0.25) is 5.02 Å². The normalized spacial score (nSPS) is 21.7. The minimum absolute atomic E-state index is 0.0875. The lowest BCUT2D eigenvalue weighted by atomic mass is 9.97. The molecule has 3 atom stereocenters. The third-order valence-electron chi connectivity index (χ3n) is 5.14. The van der Waals surface area contributed by atoms with E-state index in [0.29, 0.717) is 16.9 Å². The van der Waals surface area contributed by atoms with Crippen LogP contribution in [0, 0.1) is 5.82 Å². The molecule has 1 N–H and O–H groups in total. The van der Waals surface area contributed by atoms with Crippen molar-refractivity contribution in [1.29, 1.82) is 0 Å². The van der Waals surface area contributed by atoms with Gasteiger partial charge in [-0.3, -0.25) is 0 Å². The molecular formula is C20H23ClFNO2S. The minimum atomic E-state index is -3.16. The van der Waals surface area contributed by atoms with Crippen LogP contribution in [0.3, 0.4) is 0 Å². The van der Waals surface area contributed by atoms with E-state index in [0.717, 1.165) is 24.8 Å². The molecule has 0 amide bonds. The van der Waals surface area contributed by atoms with Gasteiger partial charge in [0, 0.05) is 18.3 Å². The predicted molar refractivity (Wildman–Crippen MR) is 103 cm³/mol. The summed E-state index contributed by atoms with van der Waals surface area (Å²) in [5.41, 5.74) is 2.15. The average Bonchev–Trinajstić information content (AvgIpc) is 3.05. The number of hydrogen-bond acceptors (Lipinski definition) is 3. The highest BCUT2D eigenvalue weighted by atomic mass is 35.5. The third kappa shape index (κ3) is 4.45. The number of hydrogen-bond donors (Lipinski definition) is 1. The first-order valence-corrected chi connectivity index (χ1v) is 11.0. The van der Waals surface area contributed by atoms with E-state index in [1.165, 1.54) is 17.9 Å². The summed E-state index contributed by atoms with van der Waals surface area (Å²) in [7, 11) is -3.16. The highest BCUT2D eigenvalue weighted by Crippen LogP contribution is 2.36. The first kappa shape index (κ1) is 19.3. The molecule has 26 heavy (non-hydrogen) atoms. The van der Waals surface area contributed by atoms with E-state index in [4.69, 9.17) is 11.6 Å². The summed E-state index contributed by atoms with van der Waals surface area (Å²) in [5.74, 6) is 0.0196. The fraction of sp³-hybridized carbons (Fsp3) is 0.400. The molecule has 1 aliphatic rings. The van der Waals surface area contributed by atoms with Crippen molar-refractivity contribution in [2.75, 3.05) is 6.26 Å². The summed E-state index contributed by atoms with van der Waals surface area (Å²) in [6.45, 7) is 2.05. The maximum atomic E-state index is 13.3. The Morgan fingerprint density at radius 2 is 1.85 bits per heavy atom. The SMILES string of the molecule is CC(NC1CCC(c2ccc(S(C)(=O)=O)cc2)C1)c1ccc(F)c(Cl)c1. The van der Waals surface area contributed by atoms with Crippen molar-refractivity contribution in [2.45, 2.75) is 49.1 Å². The molecule has 0 spiro atoms. The number of sulfone groups is 1. The Labute approximate surface area is 159 Å². The Morgan fingerprint density at radius 1 is 1.15 bits per heavy atom. The van der Waals surface area contributed by atoms with Crippen molar-refractivity contribution < 1.29 is 12.8 Å². The van der Waals surface area contributed by atoms with E-state index in [2.05, 4.69) is 12.2 Å². The summed E-state index contributed by atoms with van der Waals surface area (Å²) in [6.07, 6.45) is 4.34. The molecule has 0 saturated heterocycles.